The number of nitrogens with zero attached hydrogens (tertiary/aromatic N) is 3. The summed E-state index contributed by atoms with van der Waals surface area (Å²) in [4.78, 5) is 4.27. The number of fused-ring (bicyclic) bond motifs is 1. The first-order valence-corrected chi connectivity index (χ1v) is 5.62. The smallest absolute Gasteiger partial charge is 0.218 e. The van der Waals surface area contributed by atoms with Crippen molar-refractivity contribution in [3.05, 3.63) is 41.3 Å². The SMILES string of the molecule is C=[N+]([O-])c1ccc2nc(-c3ccc(C)o3)n(O)c2c1. The normalized spacial score (nSPS) is 11.0. The van der Waals surface area contributed by atoms with Gasteiger partial charge in [-0.1, -0.05) is 0 Å². The molecule has 0 radical (unpaired) electrons. The molecule has 3 aromatic rings. The van der Waals surface area contributed by atoms with E-state index in [-0.39, 0.29) is 0 Å². The van der Waals surface area contributed by atoms with Crippen molar-refractivity contribution < 1.29 is 14.4 Å². The highest BCUT2D eigenvalue weighted by atomic mass is 16.5. The Kier molecular flexibility index (Phi) is 2.31. The fourth-order valence-corrected chi connectivity index (χ4v) is 1.92. The van der Waals surface area contributed by atoms with Crippen molar-refractivity contribution in [1.82, 2.24) is 9.71 Å². The Morgan fingerprint density at radius 2 is 2.16 bits per heavy atom. The summed E-state index contributed by atoms with van der Waals surface area (Å²) >= 11 is 0. The van der Waals surface area contributed by atoms with Crippen LogP contribution in [0.2, 0.25) is 0 Å². The van der Waals surface area contributed by atoms with Crippen molar-refractivity contribution in [1.29, 1.82) is 0 Å². The lowest BCUT2D eigenvalue weighted by molar-refractivity contribution is -0.349. The summed E-state index contributed by atoms with van der Waals surface area (Å²) in [6.45, 7) is 5.07. The van der Waals surface area contributed by atoms with E-state index in [0.29, 0.717) is 33.0 Å². The van der Waals surface area contributed by atoms with Gasteiger partial charge in [-0.05, 0) is 25.1 Å². The molecule has 6 heteroatoms. The summed E-state index contributed by atoms with van der Waals surface area (Å²) in [6.07, 6.45) is 0. The van der Waals surface area contributed by atoms with Crippen LogP contribution < -0.4 is 0 Å². The lowest BCUT2D eigenvalue weighted by Gasteiger charge is -2.00. The van der Waals surface area contributed by atoms with E-state index in [1.165, 1.54) is 6.07 Å². The average Bonchev–Trinajstić information content (AvgIpc) is 2.93. The molecule has 3 rings (SSSR count). The zero-order chi connectivity index (χ0) is 13.6. The fourth-order valence-electron chi connectivity index (χ4n) is 1.92. The second kappa shape index (κ2) is 3.88. The summed E-state index contributed by atoms with van der Waals surface area (Å²) in [7, 11) is 0. The Morgan fingerprint density at radius 1 is 1.37 bits per heavy atom. The monoisotopic (exact) mass is 257 g/mol. The third-order valence-electron chi connectivity index (χ3n) is 2.86. The van der Waals surface area contributed by atoms with E-state index in [1.54, 1.807) is 24.3 Å². The maximum atomic E-state index is 11.2. The number of hydrogen-bond donors (Lipinski definition) is 1. The number of rotatable bonds is 2. The van der Waals surface area contributed by atoms with Crippen molar-refractivity contribution >= 4 is 23.4 Å². The van der Waals surface area contributed by atoms with Crippen molar-refractivity contribution in [2.75, 3.05) is 0 Å². The highest BCUT2D eigenvalue weighted by Gasteiger charge is 2.16. The van der Waals surface area contributed by atoms with Crippen molar-refractivity contribution in [3.63, 3.8) is 0 Å². The number of aryl methyl sites for hydroxylation is 1. The Balaban J connectivity index is 2.23. The van der Waals surface area contributed by atoms with Crippen LogP contribution >= 0.6 is 0 Å². The van der Waals surface area contributed by atoms with Gasteiger partial charge in [-0.25, -0.2) is 4.98 Å². The zero-order valence-corrected chi connectivity index (χ0v) is 10.2. The summed E-state index contributed by atoms with van der Waals surface area (Å²) < 4.78 is 6.81. The Labute approximate surface area is 108 Å². The van der Waals surface area contributed by atoms with Gasteiger partial charge in [0.1, 0.15) is 18.0 Å². The molecule has 0 saturated carbocycles. The van der Waals surface area contributed by atoms with Gasteiger partial charge in [-0.3, -0.25) is 0 Å². The molecule has 2 aromatic heterocycles. The number of imidazole rings is 1. The summed E-state index contributed by atoms with van der Waals surface area (Å²) in [6, 6.07) is 8.27. The average molecular weight is 257 g/mol. The van der Waals surface area contributed by atoms with Gasteiger partial charge in [0.2, 0.25) is 11.5 Å². The van der Waals surface area contributed by atoms with Crippen LogP contribution in [0.1, 0.15) is 5.76 Å². The molecule has 0 unspecified atom stereocenters. The van der Waals surface area contributed by atoms with Crippen LogP contribution in [-0.4, -0.2) is 26.4 Å². The van der Waals surface area contributed by atoms with Crippen LogP contribution in [0.4, 0.5) is 5.69 Å². The van der Waals surface area contributed by atoms with Crippen LogP contribution in [-0.2, 0) is 0 Å². The molecule has 19 heavy (non-hydrogen) atoms. The highest BCUT2D eigenvalue weighted by molar-refractivity contribution is 5.81. The third kappa shape index (κ3) is 1.74. The first-order chi connectivity index (χ1) is 9.06. The van der Waals surface area contributed by atoms with Gasteiger partial charge >= 0.3 is 0 Å². The molecule has 0 aliphatic heterocycles. The van der Waals surface area contributed by atoms with Crippen molar-refractivity contribution in [3.8, 4) is 11.6 Å². The number of benzene rings is 1. The molecular formula is C13H11N3O3. The first kappa shape index (κ1) is 11.3. The molecule has 1 aromatic carbocycles. The van der Waals surface area contributed by atoms with Gasteiger partial charge in [0.25, 0.3) is 0 Å². The minimum absolute atomic E-state index is 0.293. The topological polar surface area (TPSA) is 77.3 Å². The van der Waals surface area contributed by atoms with Crippen molar-refractivity contribution in [2.24, 2.45) is 0 Å². The van der Waals surface area contributed by atoms with Crippen LogP contribution in [0.5, 0.6) is 0 Å². The predicted molar refractivity (Wildman–Crippen MR) is 69.8 cm³/mol. The van der Waals surface area contributed by atoms with Gasteiger partial charge in [-0.15, -0.1) is 0 Å². The minimum atomic E-state index is 0.293. The van der Waals surface area contributed by atoms with E-state index in [9.17, 15) is 10.4 Å². The minimum Gasteiger partial charge on any atom is -0.619 e. The largest absolute Gasteiger partial charge is 0.619 e. The number of furan rings is 1. The predicted octanol–water partition coefficient (Wildman–Crippen LogP) is 2.68. The molecule has 0 aliphatic rings. The van der Waals surface area contributed by atoms with Gasteiger partial charge in [0, 0.05) is 12.1 Å². The molecule has 0 bridgehead atoms. The molecule has 1 N–H and O–H groups in total. The number of aromatic nitrogens is 2. The van der Waals surface area contributed by atoms with Crippen LogP contribution in [0.3, 0.4) is 0 Å². The van der Waals surface area contributed by atoms with E-state index < -0.39 is 0 Å². The van der Waals surface area contributed by atoms with E-state index in [4.69, 9.17) is 4.42 Å². The molecule has 0 spiro atoms. The summed E-state index contributed by atoms with van der Waals surface area (Å²) in [5.74, 6) is 1.49. The third-order valence-corrected chi connectivity index (χ3v) is 2.86. The molecule has 0 aliphatic carbocycles. The second-order valence-electron chi connectivity index (χ2n) is 4.21. The van der Waals surface area contributed by atoms with Crippen molar-refractivity contribution in [2.45, 2.75) is 6.92 Å². The molecule has 2 heterocycles. The summed E-state index contributed by atoms with van der Waals surface area (Å²) in [5.41, 5.74) is 1.33. The standard InChI is InChI=1S/C13H11N3O3/c1-8-3-6-12(19-8)13-14-10-5-4-9(15(2)17)7-11(10)16(13)18/h3-7,18H,2H2,1H3. The maximum absolute atomic E-state index is 11.2. The van der Waals surface area contributed by atoms with Gasteiger partial charge < -0.3 is 14.8 Å². The quantitative estimate of drug-likeness (QED) is 0.252. The molecular weight excluding hydrogens is 246 g/mol. The van der Waals surface area contributed by atoms with Crippen LogP contribution in [0, 0.1) is 12.1 Å². The molecule has 0 amide bonds. The van der Waals surface area contributed by atoms with E-state index >= 15 is 0 Å². The molecule has 0 atom stereocenters. The van der Waals surface area contributed by atoms with Crippen LogP contribution in [0.15, 0.2) is 34.7 Å². The number of hydrogen-bond acceptors (Lipinski definition) is 4. The fraction of sp³-hybridized carbons (Fsp3) is 0.0769. The lowest BCUT2D eigenvalue weighted by atomic mass is 10.3. The first-order valence-electron chi connectivity index (χ1n) is 5.62. The zero-order valence-electron chi connectivity index (χ0n) is 10.2. The van der Waals surface area contributed by atoms with E-state index in [1.807, 2.05) is 6.92 Å². The molecule has 6 nitrogen and oxygen atoms in total. The second-order valence-corrected chi connectivity index (χ2v) is 4.21. The molecule has 0 saturated heterocycles. The van der Waals surface area contributed by atoms with E-state index in [2.05, 4.69) is 11.7 Å². The van der Waals surface area contributed by atoms with Gasteiger partial charge in [0.15, 0.2) is 5.76 Å². The lowest BCUT2D eigenvalue weighted by Crippen LogP contribution is -1.94. The van der Waals surface area contributed by atoms with E-state index in [0.717, 1.165) is 10.5 Å². The Morgan fingerprint density at radius 3 is 2.79 bits per heavy atom. The molecule has 96 valence electrons. The maximum Gasteiger partial charge on any atom is 0.218 e. The van der Waals surface area contributed by atoms with Crippen LogP contribution in [0.25, 0.3) is 22.6 Å². The Bertz CT molecular complexity index is 786. The Hall–Kier alpha value is -2.76. The van der Waals surface area contributed by atoms with Gasteiger partial charge in [0.05, 0.1) is 5.52 Å². The van der Waals surface area contributed by atoms with Gasteiger partial charge in [-0.2, -0.15) is 9.47 Å². The highest BCUT2D eigenvalue weighted by Crippen LogP contribution is 2.27. The molecule has 0 fully saturated rings. The summed E-state index contributed by atoms with van der Waals surface area (Å²) in [5, 5.41) is 21.3.